The Kier molecular flexibility index (Phi) is 3.86. The van der Waals surface area contributed by atoms with Crippen molar-refractivity contribution in [1.82, 2.24) is 15.0 Å². The van der Waals surface area contributed by atoms with Crippen LogP contribution in [0.3, 0.4) is 0 Å². The molecule has 0 atom stereocenters. The summed E-state index contributed by atoms with van der Waals surface area (Å²) in [5.74, 6) is 1.18. The van der Waals surface area contributed by atoms with E-state index in [0.717, 1.165) is 27.6 Å². The second-order valence-corrected chi connectivity index (χ2v) is 5.90. The van der Waals surface area contributed by atoms with Gasteiger partial charge >= 0.3 is 0 Å². The highest BCUT2D eigenvalue weighted by Gasteiger charge is 2.11. The minimum Gasteiger partial charge on any atom is -0.480 e. The standard InChI is InChI=1S/C21H17N3O/c1-14-5-7-15(8-6-14)16-9-10-19-18(12-16)21(25-2)24-20(23-19)17-4-3-11-22-13-17/h3-13H,1-2H3. The van der Waals surface area contributed by atoms with Crippen molar-refractivity contribution in [3.8, 4) is 28.4 Å². The molecule has 0 saturated heterocycles. The largest absolute Gasteiger partial charge is 0.480 e. The molecule has 4 rings (SSSR count). The Morgan fingerprint density at radius 2 is 1.64 bits per heavy atom. The van der Waals surface area contributed by atoms with Crippen LogP contribution < -0.4 is 4.74 Å². The zero-order valence-corrected chi connectivity index (χ0v) is 14.1. The maximum absolute atomic E-state index is 5.53. The Balaban J connectivity index is 1.86. The van der Waals surface area contributed by atoms with Crippen LogP contribution in [-0.4, -0.2) is 22.1 Å². The van der Waals surface area contributed by atoms with Crippen molar-refractivity contribution in [2.24, 2.45) is 0 Å². The molecule has 0 spiro atoms. The second kappa shape index (κ2) is 6.32. The lowest BCUT2D eigenvalue weighted by atomic mass is 10.0. The van der Waals surface area contributed by atoms with E-state index in [4.69, 9.17) is 4.74 Å². The molecule has 0 radical (unpaired) electrons. The molecule has 0 aliphatic rings. The third kappa shape index (κ3) is 2.94. The van der Waals surface area contributed by atoms with Gasteiger partial charge in [-0.15, -0.1) is 0 Å². The van der Waals surface area contributed by atoms with Gasteiger partial charge in [0.05, 0.1) is 18.0 Å². The maximum Gasteiger partial charge on any atom is 0.224 e. The molecule has 2 aromatic carbocycles. The van der Waals surface area contributed by atoms with E-state index in [9.17, 15) is 0 Å². The van der Waals surface area contributed by atoms with Crippen molar-refractivity contribution in [2.75, 3.05) is 7.11 Å². The molecular formula is C21H17N3O. The van der Waals surface area contributed by atoms with Gasteiger partial charge in [0.25, 0.3) is 0 Å². The van der Waals surface area contributed by atoms with Crippen LogP contribution in [-0.2, 0) is 0 Å². The molecule has 0 saturated carbocycles. The highest BCUT2D eigenvalue weighted by atomic mass is 16.5. The summed E-state index contributed by atoms with van der Waals surface area (Å²) in [4.78, 5) is 13.4. The first-order chi connectivity index (χ1) is 12.2. The van der Waals surface area contributed by atoms with Crippen molar-refractivity contribution >= 4 is 10.9 Å². The molecule has 0 aliphatic heterocycles. The summed E-state index contributed by atoms with van der Waals surface area (Å²) in [6.45, 7) is 2.08. The average molecular weight is 327 g/mol. The molecule has 2 aromatic heterocycles. The lowest BCUT2D eigenvalue weighted by molar-refractivity contribution is 0.403. The van der Waals surface area contributed by atoms with Gasteiger partial charge in [0, 0.05) is 18.0 Å². The van der Waals surface area contributed by atoms with Gasteiger partial charge < -0.3 is 4.74 Å². The van der Waals surface area contributed by atoms with E-state index in [1.54, 1.807) is 19.5 Å². The van der Waals surface area contributed by atoms with E-state index < -0.39 is 0 Å². The van der Waals surface area contributed by atoms with Crippen LogP contribution in [0.15, 0.2) is 67.0 Å². The number of benzene rings is 2. The van der Waals surface area contributed by atoms with Gasteiger partial charge in [-0.05, 0) is 42.3 Å². The highest BCUT2D eigenvalue weighted by Crippen LogP contribution is 2.30. The van der Waals surface area contributed by atoms with E-state index in [1.165, 1.54) is 5.56 Å². The van der Waals surface area contributed by atoms with Gasteiger partial charge in [0.2, 0.25) is 5.88 Å². The molecule has 122 valence electrons. The molecule has 4 aromatic rings. The van der Waals surface area contributed by atoms with Crippen molar-refractivity contribution in [3.63, 3.8) is 0 Å². The minimum atomic E-state index is 0.567. The molecule has 0 bridgehead atoms. The predicted molar refractivity (Wildman–Crippen MR) is 99.5 cm³/mol. The molecule has 4 nitrogen and oxygen atoms in total. The number of rotatable bonds is 3. The van der Waals surface area contributed by atoms with E-state index in [2.05, 4.69) is 58.3 Å². The summed E-state index contributed by atoms with van der Waals surface area (Å²) < 4.78 is 5.53. The predicted octanol–water partition coefficient (Wildman–Crippen LogP) is 4.68. The van der Waals surface area contributed by atoms with Crippen LogP contribution in [0.25, 0.3) is 33.4 Å². The van der Waals surface area contributed by atoms with Crippen LogP contribution in [0.4, 0.5) is 0 Å². The summed E-state index contributed by atoms with van der Waals surface area (Å²) in [6, 6.07) is 18.4. The van der Waals surface area contributed by atoms with Crippen molar-refractivity contribution in [3.05, 3.63) is 72.6 Å². The van der Waals surface area contributed by atoms with E-state index in [0.29, 0.717) is 11.7 Å². The summed E-state index contributed by atoms with van der Waals surface area (Å²) in [5.41, 5.74) is 5.23. The third-order valence-corrected chi connectivity index (χ3v) is 4.16. The van der Waals surface area contributed by atoms with Crippen molar-refractivity contribution < 1.29 is 4.74 Å². The smallest absolute Gasteiger partial charge is 0.224 e. The van der Waals surface area contributed by atoms with Crippen LogP contribution in [0.5, 0.6) is 5.88 Å². The summed E-state index contributed by atoms with van der Waals surface area (Å²) in [6.07, 6.45) is 3.48. The fraction of sp³-hybridized carbons (Fsp3) is 0.0952. The Bertz CT molecular complexity index is 1030. The van der Waals surface area contributed by atoms with Gasteiger partial charge in [0.15, 0.2) is 5.82 Å². The maximum atomic E-state index is 5.53. The molecule has 25 heavy (non-hydrogen) atoms. The molecule has 2 heterocycles. The average Bonchev–Trinajstić information content (AvgIpc) is 2.68. The van der Waals surface area contributed by atoms with Crippen LogP contribution in [0.1, 0.15) is 5.56 Å². The lowest BCUT2D eigenvalue weighted by Gasteiger charge is -2.09. The number of aryl methyl sites for hydroxylation is 1. The number of nitrogens with zero attached hydrogens (tertiary/aromatic N) is 3. The Morgan fingerprint density at radius 3 is 2.36 bits per heavy atom. The normalized spacial score (nSPS) is 10.8. The van der Waals surface area contributed by atoms with Crippen LogP contribution in [0, 0.1) is 6.92 Å². The monoisotopic (exact) mass is 327 g/mol. The fourth-order valence-corrected chi connectivity index (χ4v) is 2.81. The number of fused-ring (bicyclic) bond motifs is 1. The first-order valence-corrected chi connectivity index (χ1v) is 8.08. The SMILES string of the molecule is COc1nc(-c2cccnc2)nc2ccc(-c3ccc(C)cc3)cc12. The first kappa shape index (κ1) is 15.3. The van der Waals surface area contributed by atoms with E-state index in [1.807, 2.05) is 18.2 Å². The number of ether oxygens (including phenoxy) is 1. The van der Waals surface area contributed by atoms with Gasteiger partial charge in [-0.2, -0.15) is 4.98 Å². The minimum absolute atomic E-state index is 0.567. The first-order valence-electron chi connectivity index (χ1n) is 8.08. The molecule has 4 heteroatoms. The summed E-state index contributed by atoms with van der Waals surface area (Å²) in [5, 5.41) is 0.896. The molecule has 0 unspecified atom stereocenters. The fourth-order valence-electron chi connectivity index (χ4n) is 2.81. The Hall–Kier alpha value is -3.27. The zero-order chi connectivity index (χ0) is 17.2. The molecule has 0 aliphatic carbocycles. The quantitative estimate of drug-likeness (QED) is 0.548. The van der Waals surface area contributed by atoms with Gasteiger partial charge in [-0.1, -0.05) is 35.9 Å². The van der Waals surface area contributed by atoms with E-state index in [-0.39, 0.29) is 0 Å². The van der Waals surface area contributed by atoms with Crippen LogP contribution in [0.2, 0.25) is 0 Å². The lowest BCUT2D eigenvalue weighted by Crippen LogP contribution is -1.96. The molecule has 0 N–H and O–H groups in total. The van der Waals surface area contributed by atoms with E-state index >= 15 is 0 Å². The van der Waals surface area contributed by atoms with Gasteiger partial charge in [-0.25, -0.2) is 4.98 Å². The topological polar surface area (TPSA) is 47.9 Å². The molecule has 0 amide bonds. The number of hydrogen-bond acceptors (Lipinski definition) is 4. The number of pyridine rings is 1. The highest BCUT2D eigenvalue weighted by molar-refractivity contribution is 5.89. The molecular weight excluding hydrogens is 310 g/mol. The Morgan fingerprint density at radius 1 is 0.840 bits per heavy atom. The van der Waals surface area contributed by atoms with Crippen molar-refractivity contribution in [1.29, 1.82) is 0 Å². The van der Waals surface area contributed by atoms with Crippen molar-refractivity contribution in [2.45, 2.75) is 6.92 Å². The second-order valence-electron chi connectivity index (χ2n) is 5.90. The van der Waals surface area contributed by atoms with Crippen LogP contribution >= 0.6 is 0 Å². The number of aromatic nitrogens is 3. The molecule has 0 fully saturated rings. The van der Waals surface area contributed by atoms with Gasteiger partial charge in [0.1, 0.15) is 0 Å². The summed E-state index contributed by atoms with van der Waals surface area (Å²) in [7, 11) is 1.63. The third-order valence-electron chi connectivity index (χ3n) is 4.16. The number of methoxy groups -OCH3 is 1. The van der Waals surface area contributed by atoms with Gasteiger partial charge in [-0.3, -0.25) is 4.98 Å². The Labute approximate surface area is 146 Å². The summed E-state index contributed by atoms with van der Waals surface area (Å²) >= 11 is 0. The number of hydrogen-bond donors (Lipinski definition) is 0. The zero-order valence-electron chi connectivity index (χ0n) is 14.1.